The Labute approximate surface area is 100 Å². The Morgan fingerprint density at radius 1 is 1.29 bits per heavy atom. The smallest absolute Gasteiger partial charge is 0.226 e. The fourth-order valence-corrected chi connectivity index (χ4v) is 1.64. The monoisotopic (exact) mass is 232 g/mol. The molecule has 0 saturated carbocycles. The average molecular weight is 232 g/mol. The van der Waals surface area contributed by atoms with Gasteiger partial charge in [0.2, 0.25) is 11.7 Å². The first-order valence-electron chi connectivity index (χ1n) is 5.91. The van der Waals surface area contributed by atoms with Crippen LogP contribution in [0.15, 0.2) is 28.8 Å². The minimum Gasteiger partial charge on any atom is -0.508 e. The highest BCUT2D eigenvalue weighted by atomic mass is 16.5. The Morgan fingerprint density at radius 2 is 2.18 bits per heavy atom. The van der Waals surface area contributed by atoms with Gasteiger partial charge in [0, 0.05) is 12.0 Å². The summed E-state index contributed by atoms with van der Waals surface area (Å²) in [6, 6.07) is 6.85. The van der Waals surface area contributed by atoms with E-state index in [1.807, 2.05) is 6.07 Å². The molecule has 0 amide bonds. The molecule has 4 nitrogen and oxygen atoms in total. The first-order chi connectivity index (χ1) is 8.29. The molecular formula is C13H16N2O2. The topological polar surface area (TPSA) is 59.2 Å². The summed E-state index contributed by atoms with van der Waals surface area (Å²) >= 11 is 0. The van der Waals surface area contributed by atoms with E-state index in [1.54, 1.807) is 18.2 Å². The van der Waals surface area contributed by atoms with Gasteiger partial charge in [0.25, 0.3) is 0 Å². The lowest BCUT2D eigenvalue weighted by Crippen LogP contribution is -1.86. The number of benzene rings is 1. The molecule has 0 aliphatic rings. The van der Waals surface area contributed by atoms with Gasteiger partial charge in [0.05, 0.1) is 0 Å². The molecule has 0 aliphatic carbocycles. The van der Waals surface area contributed by atoms with Crippen LogP contribution < -0.4 is 0 Å². The Balaban J connectivity index is 2.07. The van der Waals surface area contributed by atoms with Crippen molar-refractivity contribution >= 4 is 0 Å². The molecule has 2 aromatic rings. The van der Waals surface area contributed by atoms with Gasteiger partial charge >= 0.3 is 0 Å². The molecular weight excluding hydrogens is 216 g/mol. The van der Waals surface area contributed by atoms with Crippen LogP contribution in [-0.2, 0) is 6.42 Å². The molecule has 1 N–H and O–H groups in total. The highest BCUT2D eigenvalue weighted by molar-refractivity contribution is 5.56. The van der Waals surface area contributed by atoms with E-state index in [-0.39, 0.29) is 5.75 Å². The van der Waals surface area contributed by atoms with Gasteiger partial charge in [-0.05, 0) is 18.6 Å². The lowest BCUT2D eigenvalue weighted by Gasteiger charge is -1.94. The second kappa shape index (κ2) is 5.48. The molecule has 4 heteroatoms. The average Bonchev–Trinajstić information content (AvgIpc) is 2.78. The van der Waals surface area contributed by atoms with Gasteiger partial charge in [-0.25, -0.2) is 0 Å². The number of hydrogen-bond donors (Lipinski definition) is 1. The van der Waals surface area contributed by atoms with Gasteiger partial charge in [0.15, 0.2) is 0 Å². The molecule has 0 unspecified atom stereocenters. The SMILES string of the molecule is CCCCCc1nc(-c2cccc(O)c2)no1. The van der Waals surface area contributed by atoms with E-state index in [0.717, 1.165) is 18.4 Å². The van der Waals surface area contributed by atoms with Gasteiger partial charge < -0.3 is 9.63 Å². The van der Waals surface area contributed by atoms with Crippen LogP contribution in [0, 0.1) is 0 Å². The maximum absolute atomic E-state index is 9.37. The fourth-order valence-electron chi connectivity index (χ4n) is 1.64. The van der Waals surface area contributed by atoms with E-state index < -0.39 is 0 Å². The normalized spacial score (nSPS) is 10.6. The summed E-state index contributed by atoms with van der Waals surface area (Å²) < 4.78 is 5.16. The van der Waals surface area contributed by atoms with Crippen molar-refractivity contribution in [1.82, 2.24) is 10.1 Å². The lowest BCUT2D eigenvalue weighted by atomic mass is 10.2. The predicted molar refractivity (Wildman–Crippen MR) is 64.6 cm³/mol. The van der Waals surface area contributed by atoms with Crippen molar-refractivity contribution in [3.8, 4) is 17.1 Å². The molecule has 1 aromatic heterocycles. The summed E-state index contributed by atoms with van der Waals surface area (Å²) in [6.45, 7) is 2.16. The quantitative estimate of drug-likeness (QED) is 0.804. The highest BCUT2D eigenvalue weighted by Gasteiger charge is 2.08. The van der Waals surface area contributed by atoms with Crippen LogP contribution in [0.2, 0.25) is 0 Å². The Kier molecular flexibility index (Phi) is 3.75. The largest absolute Gasteiger partial charge is 0.508 e. The van der Waals surface area contributed by atoms with E-state index in [2.05, 4.69) is 17.1 Å². The molecule has 0 spiro atoms. The number of nitrogens with zero attached hydrogens (tertiary/aromatic N) is 2. The molecule has 0 radical (unpaired) electrons. The maximum Gasteiger partial charge on any atom is 0.226 e. The van der Waals surface area contributed by atoms with Crippen LogP contribution in [0.5, 0.6) is 5.75 Å². The van der Waals surface area contributed by atoms with E-state index >= 15 is 0 Å². The number of rotatable bonds is 5. The van der Waals surface area contributed by atoms with E-state index in [9.17, 15) is 5.11 Å². The number of aromatic hydroxyl groups is 1. The van der Waals surface area contributed by atoms with Gasteiger partial charge in [-0.2, -0.15) is 4.98 Å². The summed E-state index contributed by atoms with van der Waals surface area (Å²) in [5.74, 6) is 1.41. The second-order valence-electron chi connectivity index (χ2n) is 4.02. The van der Waals surface area contributed by atoms with Crippen LogP contribution >= 0.6 is 0 Å². The van der Waals surface area contributed by atoms with E-state index in [4.69, 9.17) is 4.52 Å². The number of unbranched alkanes of at least 4 members (excludes halogenated alkanes) is 2. The number of phenols is 1. The van der Waals surface area contributed by atoms with Gasteiger partial charge in [-0.3, -0.25) is 0 Å². The van der Waals surface area contributed by atoms with Crippen molar-refractivity contribution in [1.29, 1.82) is 0 Å². The lowest BCUT2D eigenvalue weighted by molar-refractivity contribution is 0.374. The summed E-state index contributed by atoms with van der Waals surface area (Å²) in [5, 5.41) is 13.3. The molecule has 0 saturated heterocycles. The number of phenolic OH excluding ortho intramolecular Hbond substituents is 1. The zero-order valence-electron chi connectivity index (χ0n) is 9.89. The van der Waals surface area contributed by atoms with Crippen molar-refractivity contribution in [3.63, 3.8) is 0 Å². The van der Waals surface area contributed by atoms with E-state index in [0.29, 0.717) is 11.7 Å². The molecule has 0 atom stereocenters. The standard InChI is InChI=1S/C13H16N2O2/c1-2-3-4-8-12-14-13(15-17-12)10-6-5-7-11(16)9-10/h5-7,9,16H,2-4,8H2,1H3. The summed E-state index contributed by atoms with van der Waals surface area (Å²) in [7, 11) is 0. The first-order valence-corrected chi connectivity index (χ1v) is 5.91. The molecule has 17 heavy (non-hydrogen) atoms. The van der Waals surface area contributed by atoms with Crippen LogP contribution in [0.25, 0.3) is 11.4 Å². The molecule has 90 valence electrons. The van der Waals surface area contributed by atoms with Crippen LogP contribution in [-0.4, -0.2) is 15.2 Å². The molecule has 2 rings (SSSR count). The molecule has 0 fully saturated rings. The van der Waals surface area contributed by atoms with Crippen molar-refractivity contribution in [3.05, 3.63) is 30.2 Å². The van der Waals surface area contributed by atoms with Crippen molar-refractivity contribution in [2.75, 3.05) is 0 Å². The van der Waals surface area contributed by atoms with Gasteiger partial charge in [-0.1, -0.05) is 37.1 Å². The Bertz CT molecular complexity index is 480. The molecule has 1 aromatic carbocycles. The zero-order valence-corrected chi connectivity index (χ0v) is 9.89. The van der Waals surface area contributed by atoms with Crippen molar-refractivity contribution in [2.24, 2.45) is 0 Å². The van der Waals surface area contributed by atoms with Gasteiger partial charge in [-0.15, -0.1) is 0 Å². The van der Waals surface area contributed by atoms with Crippen LogP contribution in [0.3, 0.4) is 0 Å². The summed E-state index contributed by atoms with van der Waals surface area (Å²) in [6.07, 6.45) is 4.23. The number of aromatic nitrogens is 2. The van der Waals surface area contributed by atoms with Crippen molar-refractivity contribution < 1.29 is 9.63 Å². The summed E-state index contributed by atoms with van der Waals surface area (Å²) in [5.41, 5.74) is 0.774. The maximum atomic E-state index is 9.37. The third-order valence-electron chi connectivity index (χ3n) is 2.57. The fraction of sp³-hybridized carbons (Fsp3) is 0.385. The van der Waals surface area contributed by atoms with Crippen molar-refractivity contribution in [2.45, 2.75) is 32.6 Å². The second-order valence-corrected chi connectivity index (χ2v) is 4.02. The Morgan fingerprint density at radius 3 is 2.94 bits per heavy atom. The number of hydrogen-bond acceptors (Lipinski definition) is 4. The van der Waals surface area contributed by atoms with Crippen LogP contribution in [0.1, 0.15) is 32.1 Å². The summed E-state index contributed by atoms with van der Waals surface area (Å²) in [4.78, 5) is 4.30. The third kappa shape index (κ3) is 3.06. The van der Waals surface area contributed by atoms with Gasteiger partial charge in [0.1, 0.15) is 5.75 Å². The van der Waals surface area contributed by atoms with E-state index in [1.165, 1.54) is 12.8 Å². The zero-order chi connectivity index (χ0) is 12.1. The first kappa shape index (κ1) is 11.6. The number of aryl methyl sites for hydroxylation is 1. The van der Waals surface area contributed by atoms with Crippen LogP contribution in [0.4, 0.5) is 0 Å². The Hall–Kier alpha value is -1.84. The molecule has 0 bridgehead atoms. The minimum absolute atomic E-state index is 0.208. The molecule has 1 heterocycles. The minimum atomic E-state index is 0.208. The molecule has 0 aliphatic heterocycles. The highest BCUT2D eigenvalue weighted by Crippen LogP contribution is 2.20. The predicted octanol–water partition coefficient (Wildman–Crippen LogP) is 3.17. The third-order valence-corrected chi connectivity index (χ3v) is 2.57.